The van der Waals surface area contributed by atoms with E-state index in [4.69, 9.17) is 14.6 Å². The zero-order valence-corrected chi connectivity index (χ0v) is 21.0. The van der Waals surface area contributed by atoms with Gasteiger partial charge in [0.05, 0.1) is 26.5 Å². The van der Waals surface area contributed by atoms with Crippen molar-refractivity contribution in [2.45, 2.75) is 25.6 Å². The Balaban J connectivity index is 1.53. The van der Waals surface area contributed by atoms with E-state index in [2.05, 4.69) is 5.32 Å². The molecule has 1 aliphatic heterocycles. The molecule has 2 amide bonds. The summed E-state index contributed by atoms with van der Waals surface area (Å²) in [6.07, 6.45) is 0. The van der Waals surface area contributed by atoms with E-state index in [1.54, 1.807) is 61.1 Å². The van der Waals surface area contributed by atoms with Gasteiger partial charge in [-0.3, -0.25) is 19.2 Å². The molecule has 1 atom stereocenters. The summed E-state index contributed by atoms with van der Waals surface area (Å²) in [6, 6.07) is 26.1. The Morgan fingerprint density at radius 1 is 0.973 bits per heavy atom. The number of nitrogens with zero attached hydrogens (tertiary/aromatic N) is 3. The summed E-state index contributed by atoms with van der Waals surface area (Å²) in [5, 5.41) is 7.72. The van der Waals surface area contributed by atoms with Crippen LogP contribution in [0.4, 0.5) is 5.69 Å². The molecule has 0 spiro atoms. The molecular weight excluding hydrogens is 468 g/mol. The van der Waals surface area contributed by atoms with Crippen LogP contribution in [0.5, 0.6) is 11.5 Å². The van der Waals surface area contributed by atoms with E-state index in [1.165, 1.54) is 0 Å². The quantitative estimate of drug-likeness (QED) is 0.412. The number of fused-ring (bicyclic) bond motifs is 1. The van der Waals surface area contributed by atoms with Crippen molar-refractivity contribution in [2.24, 2.45) is 0 Å². The molecule has 0 saturated carbocycles. The third kappa shape index (κ3) is 4.42. The Morgan fingerprint density at radius 2 is 1.68 bits per heavy atom. The van der Waals surface area contributed by atoms with Crippen molar-refractivity contribution in [2.75, 3.05) is 19.1 Å². The van der Waals surface area contributed by atoms with Gasteiger partial charge in [-0.05, 0) is 43.3 Å². The molecule has 8 heteroatoms. The number of ether oxygens (including phenoxy) is 2. The topological polar surface area (TPSA) is 85.7 Å². The molecule has 2 heterocycles. The van der Waals surface area contributed by atoms with Crippen LogP contribution in [0.2, 0.25) is 0 Å². The molecule has 0 saturated heterocycles. The van der Waals surface area contributed by atoms with E-state index in [1.807, 2.05) is 54.6 Å². The highest BCUT2D eigenvalue weighted by Gasteiger charge is 2.48. The summed E-state index contributed by atoms with van der Waals surface area (Å²) in [6.45, 7) is 2.20. The minimum absolute atomic E-state index is 0.185. The van der Waals surface area contributed by atoms with Crippen molar-refractivity contribution in [3.63, 3.8) is 0 Å². The van der Waals surface area contributed by atoms with Crippen molar-refractivity contribution in [3.05, 3.63) is 96.2 Å². The summed E-state index contributed by atoms with van der Waals surface area (Å²) in [7, 11) is 3.18. The van der Waals surface area contributed by atoms with Crippen LogP contribution in [0, 0.1) is 0 Å². The smallest absolute Gasteiger partial charge is 0.277 e. The molecule has 1 aliphatic rings. The van der Waals surface area contributed by atoms with E-state index in [0.717, 1.165) is 11.1 Å². The molecule has 0 bridgehead atoms. The van der Waals surface area contributed by atoms with E-state index >= 15 is 0 Å². The highest BCUT2D eigenvalue weighted by atomic mass is 16.5. The Labute approximate surface area is 215 Å². The van der Waals surface area contributed by atoms with Gasteiger partial charge in [0.1, 0.15) is 22.7 Å². The fourth-order valence-corrected chi connectivity index (χ4v) is 4.68. The maximum absolute atomic E-state index is 13.9. The number of methoxy groups -OCH3 is 2. The van der Waals surface area contributed by atoms with Gasteiger partial charge in [0.15, 0.2) is 0 Å². The van der Waals surface area contributed by atoms with Crippen molar-refractivity contribution in [3.8, 4) is 22.8 Å². The zero-order chi connectivity index (χ0) is 26.0. The zero-order valence-electron chi connectivity index (χ0n) is 21.0. The van der Waals surface area contributed by atoms with Gasteiger partial charge >= 0.3 is 0 Å². The molecule has 0 aliphatic carbocycles. The first-order valence-electron chi connectivity index (χ1n) is 12.0. The molecule has 1 N–H and O–H groups in total. The van der Waals surface area contributed by atoms with E-state index < -0.39 is 5.54 Å². The molecule has 3 aromatic carbocycles. The van der Waals surface area contributed by atoms with Crippen LogP contribution in [0.1, 0.15) is 23.0 Å². The fourth-order valence-electron chi connectivity index (χ4n) is 4.68. The van der Waals surface area contributed by atoms with Crippen LogP contribution < -0.4 is 19.7 Å². The Bertz CT molecular complexity index is 1430. The van der Waals surface area contributed by atoms with Crippen LogP contribution in [0.3, 0.4) is 0 Å². The third-order valence-corrected chi connectivity index (χ3v) is 6.67. The van der Waals surface area contributed by atoms with Gasteiger partial charge in [-0.25, -0.2) is 0 Å². The van der Waals surface area contributed by atoms with Gasteiger partial charge in [0.2, 0.25) is 5.91 Å². The lowest BCUT2D eigenvalue weighted by Crippen LogP contribution is -2.64. The second kappa shape index (κ2) is 9.81. The van der Waals surface area contributed by atoms with Crippen molar-refractivity contribution < 1.29 is 19.1 Å². The number of amides is 2. The van der Waals surface area contributed by atoms with Crippen LogP contribution >= 0.6 is 0 Å². The van der Waals surface area contributed by atoms with Gasteiger partial charge in [-0.2, -0.15) is 5.10 Å². The van der Waals surface area contributed by atoms with E-state index in [-0.39, 0.29) is 24.9 Å². The average Bonchev–Trinajstić information content (AvgIpc) is 3.36. The number of rotatable bonds is 7. The number of para-hydroxylation sites is 1. The van der Waals surface area contributed by atoms with Crippen molar-refractivity contribution in [1.82, 2.24) is 15.1 Å². The molecule has 1 aromatic heterocycles. The first-order chi connectivity index (χ1) is 17.9. The van der Waals surface area contributed by atoms with Crippen LogP contribution in [0.25, 0.3) is 11.3 Å². The molecule has 5 rings (SSSR count). The number of carbonyl (C=O) groups excluding carboxylic acids is 2. The molecule has 8 nitrogen and oxygen atoms in total. The molecule has 0 fully saturated rings. The second-order valence-electron chi connectivity index (χ2n) is 9.05. The van der Waals surface area contributed by atoms with Gasteiger partial charge in [-0.1, -0.05) is 48.5 Å². The lowest BCUT2D eigenvalue weighted by atomic mass is 9.93. The number of hydrogen-bond acceptors (Lipinski definition) is 5. The standard InChI is InChI=1S/C29H28N4O4/c1-29(28(35)30-18-21-11-7-8-12-26(21)37-3)19-32-25(17-24(31-32)20-9-5-4-6-10-20)27(34)33(29)22-13-15-23(36-2)16-14-22/h4-17H,18-19H2,1-3H3,(H,30,35)/t29-/m0/s1. The number of hydrogen-bond donors (Lipinski definition) is 1. The summed E-state index contributed by atoms with van der Waals surface area (Å²) in [4.78, 5) is 29.3. The van der Waals surface area contributed by atoms with Crippen molar-refractivity contribution in [1.29, 1.82) is 0 Å². The first-order valence-corrected chi connectivity index (χ1v) is 12.0. The first kappa shape index (κ1) is 24.1. The highest BCUT2D eigenvalue weighted by Crippen LogP contribution is 2.35. The lowest BCUT2D eigenvalue weighted by molar-refractivity contribution is -0.126. The minimum atomic E-state index is -1.25. The monoisotopic (exact) mass is 496 g/mol. The summed E-state index contributed by atoms with van der Waals surface area (Å²) >= 11 is 0. The van der Waals surface area contributed by atoms with Gasteiger partial charge in [0.25, 0.3) is 5.91 Å². The van der Waals surface area contributed by atoms with Crippen LogP contribution in [-0.2, 0) is 17.9 Å². The predicted molar refractivity (Wildman–Crippen MR) is 141 cm³/mol. The van der Waals surface area contributed by atoms with E-state index in [9.17, 15) is 9.59 Å². The maximum atomic E-state index is 13.9. The molecule has 188 valence electrons. The average molecular weight is 497 g/mol. The SMILES string of the molecule is COc1ccc(N2C(=O)c3cc(-c4ccccc4)nn3C[C@@]2(C)C(=O)NCc2ccccc2OC)cc1. The minimum Gasteiger partial charge on any atom is -0.497 e. The Kier molecular flexibility index (Phi) is 6.40. The number of nitrogens with one attached hydrogen (secondary N) is 1. The third-order valence-electron chi connectivity index (χ3n) is 6.67. The Morgan fingerprint density at radius 3 is 2.38 bits per heavy atom. The number of benzene rings is 3. The Hall–Kier alpha value is -4.59. The largest absolute Gasteiger partial charge is 0.497 e. The summed E-state index contributed by atoms with van der Waals surface area (Å²) in [5.41, 5.74) is 2.18. The van der Waals surface area contributed by atoms with Gasteiger partial charge in [-0.15, -0.1) is 0 Å². The van der Waals surface area contributed by atoms with Crippen molar-refractivity contribution >= 4 is 17.5 Å². The van der Waals surface area contributed by atoms with E-state index in [0.29, 0.717) is 28.6 Å². The maximum Gasteiger partial charge on any atom is 0.277 e. The van der Waals surface area contributed by atoms with Crippen LogP contribution in [0.15, 0.2) is 84.9 Å². The second-order valence-corrected chi connectivity index (χ2v) is 9.05. The molecular formula is C29H28N4O4. The fraction of sp³-hybridized carbons (Fsp3) is 0.207. The molecule has 0 radical (unpaired) electrons. The summed E-state index contributed by atoms with van der Waals surface area (Å²) in [5.74, 6) is 0.736. The normalized spacial score (nSPS) is 16.7. The number of carbonyl (C=O) groups is 2. The highest BCUT2D eigenvalue weighted by molar-refractivity contribution is 6.12. The lowest BCUT2D eigenvalue weighted by Gasteiger charge is -2.43. The van der Waals surface area contributed by atoms with Gasteiger partial charge < -0.3 is 14.8 Å². The number of aromatic nitrogens is 2. The summed E-state index contributed by atoms with van der Waals surface area (Å²) < 4.78 is 12.4. The molecule has 0 unspecified atom stereocenters. The van der Waals surface area contributed by atoms with Gasteiger partial charge in [0, 0.05) is 23.4 Å². The number of anilines is 1. The molecule has 37 heavy (non-hydrogen) atoms. The predicted octanol–water partition coefficient (Wildman–Crippen LogP) is 4.30. The molecule has 4 aromatic rings. The van der Waals surface area contributed by atoms with Crippen LogP contribution in [-0.4, -0.2) is 41.4 Å².